The summed E-state index contributed by atoms with van der Waals surface area (Å²) < 4.78 is 0. The van der Waals surface area contributed by atoms with E-state index in [-0.39, 0.29) is 5.38 Å². The fraction of sp³-hybridized carbons (Fsp3) is 1.00. The maximum Gasteiger partial charge on any atom is 0.0598 e. The molecule has 0 fully saturated rings. The first-order valence-corrected chi connectivity index (χ1v) is 5.83. The van der Waals surface area contributed by atoms with E-state index >= 15 is 0 Å². The van der Waals surface area contributed by atoms with Crippen LogP contribution in [0.1, 0.15) is 0 Å². The average molecular weight is 253 g/mol. The van der Waals surface area contributed by atoms with Crippen LogP contribution in [0.25, 0.3) is 0 Å². The maximum absolute atomic E-state index is 5.87. The summed E-state index contributed by atoms with van der Waals surface area (Å²) >= 11 is 22.6. The number of halogens is 4. The quantitative estimate of drug-likeness (QED) is 0.630. The van der Waals surface area contributed by atoms with Gasteiger partial charge in [0.2, 0.25) is 0 Å². The van der Waals surface area contributed by atoms with Crippen molar-refractivity contribution in [1.82, 2.24) is 4.90 Å². The van der Waals surface area contributed by atoms with Crippen molar-refractivity contribution < 1.29 is 0 Å². The molecule has 0 aliphatic carbocycles. The van der Waals surface area contributed by atoms with Crippen LogP contribution in [-0.4, -0.2) is 47.6 Å². The van der Waals surface area contributed by atoms with Gasteiger partial charge >= 0.3 is 0 Å². The smallest absolute Gasteiger partial charge is 0.0598 e. The van der Waals surface area contributed by atoms with Gasteiger partial charge in [0.05, 0.1) is 5.38 Å². The lowest BCUT2D eigenvalue weighted by Gasteiger charge is -2.21. The van der Waals surface area contributed by atoms with E-state index in [0.717, 1.165) is 19.6 Å². The molecule has 0 aliphatic heterocycles. The molecule has 0 N–H and O–H groups in total. The lowest BCUT2D eigenvalue weighted by atomic mass is 10.4. The third-order valence-corrected chi connectivity index (χ3v) is 2.59. The zero-order valence-corrected chi connectivity index (χ0v) is 9.80. The van der Waals surface area contributed by atoms with Crippen LogP contribution in [-0.2, 0) is 0 Å². The lowest BCUT2D eigenvalue weighted by Crippen LogP contribution is -2.34. The van der Waals surface area contributed by atoms with Crippen LogP contribution in [0.5, 0.6) is 0 Å². The zero-order chi connectivity index (χ0) is 9.40. The van der Waals surface area contributed by atoms with E-state index in [4.69, 9.17) is 46.4 Å². The summed E-state index contributed by atoms with van der Waals surface area (Å²) in [6.45, 7) is 2.38. The Bertz CT molecular complexity index is 95.4. The van der Waals surface area contributed by atoms with Crippen molar-refractivity contribution in [1.29, 1.82) is 0 Å². The van der Waals surface area contributed by atoms with E-state index in [1.54, 1.807) is 0 Å². The normalized spacial score (nSPS) is 13.8. The summed E-state index contributed by atoms with van der Waals surface area (Å²) in [6.07, 6.45) is 0. The van der Waals surface area contributed by atoms with E-state index in [2.05, 4.69) is 4.90 Å². The monoisotopic (exact) mass is 251 g/mol. The molecular formula is C7H13Cl4N. The van der Waals surface area contributed by atoms with Gasteiger partial charge in [0, 0.05) is 37.3 Å². The summed E-state index contributed by atoms with van der Waals surface area (Å²) in [6, 6.07) is 0. The molecule has 74 valence electrons. The molecule has 1 atom stereocenters. The van der Waals surface area contributed by atoms with Crippen LogP contribution in [0.3, 0.4) is 0 Å². The van der Waals surface area contributed by atoms with E-state index < -0.39 is 0 Å². The van der Waals surface area contributed by atoms with Gasteiger partial charge in [0.25, 0.3) is 0 Å². The van der Waals surface area contributed by atoms with Gasteiger partial charge in [-0.05, 0) is 0 Å². The number of rotatable bonds is 7. The molecule has 0 aromatic rings. The number of alkyl halides is 4. The molecule has 0 aliphatic rings. The number of nitrogens with zero attached hydrogens (tertiary/aromatic N) is 1. The highest BCUT2D eigenvalue weighted by Crippen LogP contribution is 2.03. The molecule has 0 aromatic carbocycles. The molecule has 5 heteroatoms. The second kappa shape index (κ2) is 8.71. The van der Waals surface area contributed by atoms with Crippen LogP contribution in [0.15, 0.2) is 0 Å². The first-order valence-electron chi connectivity index (χ1n) is 3.79. The Labute approximate surface area is 93.9 Å². The summed E-state index contributed by atoms with van der Waals surface area (Å²) in [5, 5.41) is -0.0156. The molecule has 0 radical (unpaired) electrons. The third kappa shape index (κ3) is 6.62. The first kappa shape index (κ1) is 13.1. The van der Waals surface area contributed by atoms with Crippen LogP contribution in [0.2, 0.25) is 0 Å². The van der Waals surface area contributed by atoms with Crippen LogP contribution in [0, 0.1) is 0 Å². The zero-order valence-electron chi connectivity index (χ0n) is 6.78. The third-order valence-electron chi connectivity index (χ3n) is 1.43. The highest BCUT2D eigenvalue weighted by atomic mass is 35.5. The lowest BCUT2D eigenvalue weighted by molar-refractivity contribution is 0.311. The van der Waals surface area contributed by atoms with Gasteiger partial charge in [0.15, 0.2) is 0 Å². The molecule has 0 saturated heterocycles. The summed E-state index contributed by atoms with van der Waals surface area (Å²) in [4.78, 5) is 2.11. The van der Waals surface area contributed by atoms with E-state index in [9.17, 15) is 0 Å². The fourth-order valence-corrected chi connectivity index (χ4v) is 1.63. The van der Waals surface area contributed by atoms with Crippen molar-refractivity contribution in [2.24, 2.45) is 0 Å². The molecular weight excluding hydrogens is 240 g/mol. The van der Waals surface area contributed by atoms with Crippen molar-refractivity contribution in [3.8, 4) is 0 Å². The summed E-state index contributed by atoms with van der Waals surface area (Å²) in [5.74, 6) is 1.66. The SMILES string of the molecule is ClCCN(CCCl)CC(Cl)CCl. The Morgan fingerprint density at radius 2 is 1.50 bits per heavy atom. The molecule has 0 rings (SSSR count). The number of hydrogen-bond acceptors (Lipinski definition) is 1. The highest BCUT2D eigenvalue weighted by molar-refractivity contribution is 6.28. The molecule has 0 spiro atoms. The van der Waals surface area contributed by atoms with Gasteiger partial charge in [-0.2, -0.15) is 0 Å². The average Bonchev–Trinajstić information content (AvgIpc) is 2.05. The molecule has 1 unspecified atom stereocenters. The van der Waals surface area contributed by atoms with E-state index in [1.807, 2.05) is 0 Å². The number of hydrogen-bond donors (Lipinski definition) is 0. The Balaban J connectivity index is 3.61. The Kier molecular flexibility index (Phi) is 9.52. The molecule has 0 aromatic heterocycles. The summed E-state index contributed by atoms with van der Waals surface area (Å²) in [5.41, 5.74) is 0. The Hall–Kier alpha value is 1.12. The molecule has 0 bridgehead atoms. The van der Waals surface area contributed by atoms with Crippen molar-refractivity contribution in [3.05, 3.63) is 0 Å². The molecule has 12 heavy (non-hydrogen) atoms. The van der Waals surface area contributed by atoms with E-state index in [1.165, 1.54) is 0 Å². The van der Waals surface area contributed by atoms with Gasteiger partial charge in [-0.15, -0.1) is 46.4 Å². The first-order chi connectivity index (χ1) is 5.74. The van der Waals surface area contributed by atoms with Gasteiger partial charge in [-0.1, -0.05) is 0 Å². The fourth-order valence-electron chi connectivity index (χ4n) is 0.862. The largest absolute Gasteiger partial charge is 0.299 e. The molecule has 0 saturated carbocycles. The standard InChI is InChI=1S/C7H13Cl4N/c8-1-3-12(4-2-9)6-7(11)5-10/h7H,1-6H2. The van der Waals surface area contributed by atoms with Crippen LogP contribution in [0.4, 0.5) is 0 Å². The second-order valence-electron chi connectivity index (χ2n) is 2.43. The topological polar surface area (TPSA) is 3.24 Å². The van der Waals surface area contributed by atoms with Gasteiger partial charge in [-0.3, -0.25) is 4.90 Å². The van der Waals surface area contributed by atoms with Crippen LogP contribution < -0.4 is 0 Å². The van der Waals surface area contributed by atoms with Gasteiger partial charge < -0.3 is 0 Å². The van der Waals surface area contributed by atoms with Gasteiger partial charge in [-0.25, -0.2) is 0 Å². The minimum atomic E-state index is -0.0156. The van der Waals surface area contributed by atoms with Crippen molar-refractivity contribution in [3.63, 3.8) is 0 Å². The predicted molar refractivity (Wildman–Crippen MR) is 58.2 cm³/mol. The van der Waals surface area contributed by atoms with Crippen molar-refractivity contribution in [2.45, 2.75) is 5.38 Å². The Morgan fingerprint density at radius 3 is 1.83 bits per heavy atom. The summed E-state index contributed by atoms with van der Waals surface area (Å²) in [7, 11) is 0. The minimum absolute atomic E-state index is 0.0156. The molecule has 0 heterocycles. The predicted octanol–water partition coefficient (Wildman–Crippen LogP) is 2.61. The highest BCUT2D eigenvalue weighted by Gasteiger charge is 2.09. The van der Waals surface area contributed by atoms with Crippen molar-refractivity contribution >= 4 is 46.4 Å². The van der Waals surface area contributed by atoms with Crippen molar-refractivity contribution in [2.75, 3.05) is 37.3 Å². The van der Waals surface area contributed by atoms with Crippen LogP contribution >= 0.6 is 46.4 Å². The van der Waals surface area contributed by atoms with E-state index in [0.29, 0.717) is 17.6 Å². The minimum Gasteiger partial charge on any atom is -0.299 e. The van der Waals surface area contributed by atoms with Gasteiger partial charge in [0.1, 0.15) is 0 Å². The molecule has 0 amide bonds. The second-order valence-corrected chi connectivity index (χ2v) is 4.11. The Morgan fingerprint density at radius 1 is 1.00 bits per heavy atom. The maximum atomic E-state index is 5.87. The molecule has 1 nitrogen and oxygen atoms in total.